The summed E-state index contributed by atoms with van der Waals surface area (Å²) < 4.78 is 5.80. The highest BCUT2D eigenvalue weighted by Crippen LogP contribution is 2.28. The quantitative estimate of drug-likeness (QED) is 0.421. The summed E-state index contributed by atoms with van der Waals surface area (Å²) >= 11 is 3.31. The van der Waals surface area contributed by atoms with Crippen LogP contribution in [0.2, 0.25) is 0 Å². The maximum absolute atomic E-state index is 11.8. The van der Waals surface area contributed by atoms with E-state index in [0.29, 0.717) is 27.9 Å². The molecule has 0 saturated heterocycles. The van der Waals surface area contributed by atoms with Crippen LogP contribution in [0.4, 0.5) is 5.69 Å². The fraction of sp³-hybridized carbons (Fsp3) is 0.263. The molecule has 0 radical (unpaired) electrons. The molecule has 0 saturated carbocycles. The Kier molecular flexibility index (Phi) is 6.55. The first-order valence-electron chi connectivity index (χ1n) is 7.81. The Bertz CT molecular complexity index is 739. The second kappa shape index (κ2) is 8.64. The predicted molar refractivity (Wildman–Crippen MR) is 99.4 cm³/mol. The van der Waals surface area contributed by atoms with Crippen molar-refractivity contribution in [2.45, 2.75) is 26.7 Å². The van der Waals surface area contributed by atoms with E-state index in [1.165, 1.54) is 0 Å². The standard InChI is InChI=1S/C19H20BrNO3/c1-3-4-9-24-19(23)14-5-7-16(8-6-14)21-12-15-10-13(2)11-17(20)18(15)22/h5-8,10-12,22H,3-4,9H2,1-2H3. The molecule has 0 atom stereocenters. The minimum absolute atomic E-state index is 0.153. The molecule has 2 aromatic rings. The Hall–Kier alpha value is -2.14. The van der Waals surface area contributed by atoms with Crippen molar-refractivity contribution in [2.24, 2.45) is 4.99 Å². The van der Waals surface area contributed by atoms with Crippen LogP contribution in [0.25, 0.3) is 0 Å². The smallest absolute Gasteiger partial charge is 0.338 e. The minimum atomic E-state index is -0.320. The van der Waals surface area contributed by atoms with Gasteiger partial charge in [0.2, 0.25) is 0 Å². The molecule has 4 nitrogen and oxygen atoms in total. The zero-order chi connectivity index (χ0) is 17.5. The molecule has 2 rings (SSSR count). The van der Waals surface area contributed by atoms with E-state index in [9.17, 15) is 9.90 Å². The molecule has 0 heterocycles. The molecule has 0 unspecified atom stereocenters. The molecule has 0 aromatic heterocycles. The summed E-state index contributed by atoms with van der Waals surface area (Å²) in [5.41, 5.74) is 2.85. The minimum Gasteiger partial charge on any atom is -0.506 e. The fourth-order valence-electron chi connectivity index (χ4n) is 2.08. The Labute approximate surface area is 150 Å². The van der Waals surface area contributed by atoms with Crippen molar-refractivity contribution in [1.29, 1.82) is 0 Å². The van der Waals surface area contributed by atoms with E-state index >= 15 is 0 Å². The normalized spacial score (nSPS) is 11.0. The summed E-state index contributed by atoms with van der Waals surface area (Å²) in [6, 6.07) is 10.6. The van der Waals surface area contributed by atoms with Crippen LogP contribution in [0.5, 0.6) is 5.75 Å². The molecular formula is C19H20BrNO3. The lowest BCUT2D eigenvalue weighted by atomic mass is 10.1. The monoisotopic (exact) mass is 389 g/mol. The first-order valence-corrected chi connectivity index (χ1v) is 8.61. The van der Waals surface area contributed by atoms with Crippen LogP contribution in [0, 0.1) is 6.92 Å². The van der Waals surface area contributed by atoms with Gasteiger partial charge in [-0.3, -0.25) is 4.99 Å². The van der Waals surface area contributed by atoms with Crippen LogP contribution >= 0.6 is 15.9 Å². The van der Waals surface area contributed by atoms with Gasteiger partial charge in [-0.05, 0) is 71.2 Å². The van der Waals surface area contributed by atoms with Crippen molar-refractivity contribution in [2.75, 3.05) is 6.61 Å². The molecule has 2 aromatic carbocycles. The van der Waals surface area contributed by atoms with Gasteiger partial charge >= 0.3 is 5.97 Å². The Morgan fingerprint density at radius 1 is 1.29 bits per heavy atom. The molecule has 5 heteroatoms. The van der Waals surface area contributed by atoms with Gasteiger partial charge in [-0.15, -0.1) is 0 Å². The SMILES string of the molecule is CCCCOC(=O)c1ccc(N=Cc2cc(C)cc(Br)c2O)cc1. The highest BCUT2D eigenvalue weighted by atomic mass is 79.9. The number of esters is 1. The van der Waals surface area contributed by atoms with E-state index in [2.05, 4.69) is 20.9 Å². The van der Waals surface area contributed by atoms with Crippen molar-refractivity contribution >= 4 is 33.8 Å². The van der Waals surface area contributed by atoms with E-state index in [-0.39, 0.29) is 11.7 Å². The zero-order valence-corrected chi connectivity index (χ0v) is 15.3. The molecular weight excluding hydrogens is 370 g/mol. The number of hydrogen-bond acceptors (Lipinski definition) is 4. The number of aromatic hydroxyl groups is 1. The van der Waals surface area contributed by atoms with Gasteiger partial charge in [-0.2, -0.15) is 0 Å². The third-order valence-corrected chi connectivity index (χ3v) is 4.03. The number of phenols is 1. The molecule has 0 bridgehead atoms. The Morgan fingerprint density at radius 2 is 2.00 bits per heavy atom. The van der Waals surface area contributed by atoms with Gasteiger partial charge < -0.3 is 9.84 Å². The van der Waals surface area contributed by atoms with Crippen molar-refractivity contribution in [1.82, 2.24) is 0 Å². The van der Waals surface area contributed by atoms with Gasteiger partial charge in [-0.1, -0.05) is 13.3 Å². The predicted octanol–water partition coefficient (Wildman–Crippen LogP) is 5.17. The number of carbonyl (C=O) groups is 1. The second-order valence-corrected chi connectivity index (χ2v) is 6.33. The van der Waals surface area contributed by atoms with Crippen LogP contribution in [0.15, 0.2) is 45.9 Å². The molecule has 0 spiro atoms. The van der Waals surface area contributed by atoms with E-state index in [1.807, 2.05) is 26.0 Å². The lowest BCUT2D eigenvalue weighted by Crippen LogP contribution is -2.05. The van der Waals surface area contributed by atoms with Crippen LogP contribution in [-0.2, 0) is 4.74 Å². The molecule has 24 heavy (non-hydrogen) atoms. The second-order valence-electron chi connectivity index (χ2n) is 5.48. The number of unbranched alkanes of at least 4 members (excludes halogenated alkanes) is 1. The van der Waals surface area contributed by atoms with Crippen LogP contribution in [0.1, 0.15) is 41.3 Å². The first-order chi connectivity index (χ1) is 11.5. The number of aryl methyl sites for hydroxylation is 1. The third kappa shape index (κ3) is 4.93. The topological polar surface area (TPSA) is 58.9 Å². The number of aliphatic imine (C=N–C) groups is 1. The summed E-state index contributed by atoms with van der Waals surface area (Å²) in [5, 5.41) is 10.0. The number of ether oxygens (including phenoxy) is 1. The van der Waals surface area contributed by atoms with Crippen LogP contribution < -0.4 is 0 Å². The highest BCUT2D eigenvalue weighted by molar-refractivity contribution is 9.10. The van der Waals surface area contributed by atoms with Gasteiger partial charge in [0.05, 0.1) is 22.3 Å². The number of benzene rings is 2. The van der Waals surface area contributed by atoms with E-state index in [4.69, 9.17) is 4.74 Å². The fourth-order valence-corrected chi connectivity index (χ4v) is 2.67. The number of rotatable bonds is 6. The van der Waals surface area contributed by atoms with E-state index < -0.39 is 0 Å². The summed E-state index contributed by atoms with van der Waals surface area (Å²) in [6.45, 7) is 4.43. The lowest BCUT2D eigenvalue weighted by molar-refractivity contribution is 0.0500. The van der Waals surface area contributed by atoms with Crippen molar-refractivity contribution in [3.05, 3.63) is 57.6 Å². The van der Waals surface area contributed by atoms with Gasteiger partial charge in [0, 0.05) is 11.8 Å². The number of hydrogen-bond donors (Lipinski definition) is 1. The summed E-state index contributed by atoms with van der Waals surface area (Å²) in [4.78, 5) is 16.2. The van der Waals surface area contributed by atoms with Crippen LogP contribution in [0.3, 0.4) is 0 Å². The molecule has 0 fully saturated rings. The average molecular weight is 390 g/mol. The number of phenolic OH excluding ortho intramolecular Hbond substituents is 1. The molecule has 1 N–H and O–H groups in total. The third-order valence-electron chi connectivity index (χ3n) is 3.42. The molecule has 0 amide bonds. The molecule has 0 aliphatic carbocycles. The lowest BCUT2D eigenvalue weighted by Gasteiger charge is -2.05. The summed E-state index contributed by atoms with van der Waals surface area (Å²) in [5.74, 6) is -0.167. The average Bonchev–Trinajstić information content (AvgIpc) is 2.57. The van der Waals surface area contributed by atoms with E-state index in [1.54, 1.807) is 30.5 Å². The van der Waals surface area contributed by atoms with E-state index in [0.717, 1.165) is 18.4 Å². The Balaban J connectivity index is 2.08. The summed E-state index contributed by atoms with van der Waals surface area (Å²) in [7, 11) is 0. The maximum Gasteiger partial charge on any atom is 0.338 e. The summed E-state index contributed by atoms with van der Waals surface area (Å²) in [6.07, 6.45) is 3.45. The zero-order valence-electron chi connectivity index (χ0n) is 13.8. The molecule has 0 aliphatic heterocycles. The number of carbonyl (C=O) groups excluding carboxylic acids is 1. The van der Waals surface area contributed by atoms with Crippen LogP contribution in [-0.4, -0.2) is 23.9 Å². The van der Waals surface area contributed by atoms with Gasteiger partial charge in [0.25, 0.3) is 0 Å². The molecule has 0 aliphatic rings. The number of nitrogens with zero attached hydrogens (tertiary/aromatic N) is 1. The van der Waals surface area contributed by atoms with Gasteiger partial charge in [0.1, 0.15) is 5.75 Å². The molecule has 126 valence electrons. The van der Waals surface area contributed by atoms with Crippen molar-refractivity contribution in [3.63, 3.8) is 0 Å². The Morgan fingerprint density at radius 3 is 2.67 bits per heavy atom. The highest BCUT2D eigenvalue weighted by Gasteiger charge is 2.07. The largest absolute Gasteiger partial charge is 0.506 e. The first kappa shape index (κ1) is 18.2. The maximum atomic E-state index is 11.8. The van der Waals surface area contributed by atoms with Crippen molar-refractivity contribution < 1.29 is 14.6 Å². The van der Waals surface area contributed by atoms with Gasteiger partial charge in [0.15, 0.2) is 0 Å². The number of halogens is 1. The van der Waals surface area contributed by atoms with Crippen molar-refractivity contribution in [3.8, 4) is 5.75 Å². The van der Waals surface area contributed by atoms with Gasteiger partial charge in [-0.25, -0.2) is 4.79 Å².